The number of carboxylic acids is 1. The maximum Gasteiger partial charge on any atom is 0.307 e. The molecule has 2 unspecified atom stereocenters. The molecular formula is C11H15N3O3. The summed E-state index contributed by atoms with van der Waals surface area (Å²) < 4.78 is 1.58. The van der Waals surface area contributed by atoms with Crippen molar-refractivity contribution in [1.82, 2.24) is 9.78 Å². The van der Waals surface area contributed by atoms with Crippen LogP contribution in [-0.2, 0) is 16.6 Å². The summed E-state index contributed by atoms with van der Waals surface area (Å²) >= 11 is 0. The zero-order chi connectivity index (χ0) is 12.4. The number of carbonyl (C=O) groups excluding carboxylic acids is 1. The predicted molar refractivity (Wildman–Crippen MR) is 60.3 cm³/mol. The number of rotatable bonds is 3. The van der Waals surface area contributed by atoms with Crippen LogP contribution in [0.5, 0.6) is 0 Å². The summed E-state index contributed by atoms with van der Waals surface area (Å²) in [4.78, 5) is 22.9. The van der Waals surface area contributed by atoms with Crippen LogP contribution in [0.4, 0.5) is 5.69 Å². The van der Waals surface area contributed by atoms with Crippen LogP contribution in [0.2, 0.25) is 0 Å². The zero-order valence-electron chi connectivity index (χ0n) is 9.59. The van der Waals surface area contributed by atoms with Gasteiger partial charge in [0.05, 0.1) is 23.7 Å². The predicted octanol–water partition coefficient (Wildman–Crippen LogP) is 0.859. The van der Waals surface area contributed by atoms with Crippen molar-refractivity contribution in [3.8, 4) is 0 Å². The van der Waals surface area contributed by atoms with Gasteiger partial charge in [-0.25, -0.2) is 0 Å². The van der Waals surface area contributed by atoms with Gasteiger partial charge >= 0.3 is 5.97 Å². The van der Waals surface area contributed by atoms with Crippen LogP contribution in [0.1, 0.15) is 19.3 Å². The topological polar surface area (TPSA) is 84.2 Å². The molecule has 1 saturated carbocycles. The summed E-state index contributed by atoms with van der Waals surface area (Å²) in [6, 6.07) is 0. The van der Waals surface area contributed by atoms with E-state index in [0.29, 0.717) is 18.5 Å². The molecule has 1 aliphatic rings. The van der Waals surface area contributed by atoms with E-state index in [0.717, 1.165) is 6.42 Å². The summed E-state index contributed by atoms with van der Waals surface area (Å²) in [7, 11) is 1.76. The number of aliphatic carboxylic acids is 1. The van der Waals surface area contributed by atoms with E-state index in [1.807, 2.05) is 0 Å². The van der Waals surface area contributed by atoms with E-state index in [2.05, 4.69) is 10.4 Å². The van der Waals surface area contributed by atoms with Crippen molar-refractivity contribution in [3.63, 3.8) is 0 Å². The van der Waals surface area contributed by atoms with E-state index < -0.39 is 17.8 Å². The highest BCUT2D eigenvalue weighted by Crippen LogP contribution is 2.32. The second-order valence-electron chi connectivity index (χ2n) is 4.37. The second-order valence-corrected chi connectivity index (χ2v) is 4.37. The van der Waals surface area contributed by atoms with Gasteiger partial charge in [0.1, 0.15) is 0 Å². The van der Waals surface area contributed by atoms with Gasteiger partial charge in [0.2, 0.25) is 5.91 Å². The summed E-state index contributed by atoms with van der Waals surface area (Å²) in [5.74, 6) is -2.07. The summed E-state index contributed by atoms with van der Waals surface area (Å²) in [5, 5.41) is 15.6. The standard InChI is InChI=1S/C11H15N3O3/c1-14-6-7(5-12-14)13-10(15)8-3-2-4-9(8)11(16)17/h5-6,8-9H,2-4H2,1H3,(H,13,15)(H,16,17). The van der Waals surface area contributed by atoms with E-state index in [9.17, 15) is 9.59 Å². The number of carboxylic acid groups (broad SMARTS) is 1. The number of hydrogen-bond acceptors (Lipinski definition) is 3. The molecule has 1 amide bonds. The molecule has 0 saturated heterocycles. The Labute approximate surface area is 98.6 Å². The first-order valence-electron chi connectivity index (χ1n) is 5.60. The third-order valence-electron chi connectivity index (χ3n) is 3.14. The molecule has 1 aromatic rings. The first-order chi connectivity index (χ1) is 8.08. The SMILES string of the molecule is Cn1cc(NC(=O)C2CCCC2C(=O)O)cn1. The molecular weight excluding hydrogens is 222 g/mol. The Morgan fingerprint density at radius 1 is 1.47 bits per heavy atom. The maximum absolute atomic E-state index is 11.9. The van der Waals surface area contributed by atoms with Crippen molar-refractivity contribution in [1.29, 1.82) is 0 Å². The van der Waals surface area contributed by atoms with Gasteiger partial charge in [0.25, 0.3) is 0 Å². The number of anilines is 1. The largest absolute Gasteiger partial charge is 0.481 e. The first-order valence-corrected chi connectivity index (χ1v) is 5.60. The molecule has 0 spiro atoms. The fourth-order valence-electron chi connectivity index (χ4n) is 2.29. The van der Waals surface area contributed by atoms with Crippen molar-refractivity contribution in [3.05, 3.63) is 12.4 Å². The Bertz CT molecular complexity index is 441. The van der Waals surface area contributed by atoms with Crippen LogP contribution in [0.3, 0.4) is 0 Å². The van der Waals surface area contributed by atoms with E-state index in [1.54, 1.807) is 24.1 Å². The Kier molecular flexibility index (Phi) is 3.12. The van der Waals surface area contributed by atoms with Crippen molar-refractivity contribution >= 4 is 17.6 Å². The number of aryl methyl sites for hydroxylation is 1. The molecule has 0 aliphatic heterocycles. The monoisotopic (exact) mass is 237 g/mol. The van der Waals surface area contributed by atoms with Crippen LogP contribution in [0, 0.1) is 11.8 Å². The Morgan fingerprint density at radius 2 is 2.18 bits per heavy atom. The molecule has 1 heterocycles. The molecule has 2 N–H and O–H groups in total. The van der Waals surface area contributed by atoms with Crippen LogP contribution in [0.15, 0.2) is 12.4 Å². The minimum Gasteiger partial charge on any atom is -0.481 e. The lowest BCUT2D eigenvalue weighted by Crippen LogP contribution is -2.29. The van der Waals surface area contributed by atoms with E-state index >= 15 is 0 Å². The lowest BCUT2D eigenvalue weighted by atomic mass is 9.95. The lowest BCUT2D eigenvalue weighted by Gasteiger charge is -2.14. The third kappa shape index (κ3) is 2.46. The number of hydrogen-bond donors (Lipinski definition) is 2. The van der Waals surface area contributed by atoms with Crippen LogP contribution in [0.25, 0.3) is 0 Å². The Balaban J connectivity index is 2.02. The van der Waals surface area contributed by atoms with Gasteiger partial charge in [-0.2, -0.15) is 5.10 Å². The molecule has 2 atom stereocenters. The van der Waals surface area contributed by atoms with Gasteiger partial charge in [0.15, 0.2) is 0 Å². The molecule has 1 aliphatic carbocycles. The highest BCUT2D eigenvalue weighted by Gasteiger charge is 2.37. The second kappa shape index (κ2) is 4.57. The lowest BCUT2D eigenvalue weighted by molar-refractivity contribution is -0.145. The van der Waals surface area contributed by atoms with Crippen LogP contribution < -0.4 is 5.32 Å². The van der Waals surface area contributed by atoms with Crippen LogP contribution in [-0.4, -0.2) is 26.8 Å². The molecule has 17 heavy (non-hydrogen) atoms. The number of carbonyl (C=O) groups is 2. The average Bonchev–Trinajstić information content (AvgIpc) is 2.86. The van der Waals surface area contributed by atoms with Gasteiger partial charge in [-0.15, -0.1) is 0 Å². The van der Waals surface area contributed by atoms with Crippen molar-refractivity contribution < 1.29 is 14.7 Å². The minimum atomic E-state index is -0.881. The molecule has 6 nitrogen and oxygen atoms in total. The summed E-state index contributed by atoms with van der Waals surface area (Å²) in [6.45, 7) is 0. The Morgan fingerprint density at radius 3 is 2.76 bits per heavy atom. The van der Waals surface area contributed by atoms with Gasteiger partial charge in [-0.1, -0.05) is 6.42 Å². The minimum absolute atomic E-state index is 0.220. The number of nitrogens with zero attached hydrogens (tertiary/aromatic N) is 2. The average molecular weight is 237 g/mol. The van der Waals surface area contributed by atoms with Gasteiger partial charge < -0.3 is 10.4 Å². The highest BCUT2D eigenvalue weighted by atomic mass is 16.4. The molecule has 0 aromatic carbocycles. The van der Waals surface area contributed by atoms with Crippen molar-refractivity contribution in [2.24, 2.45) is 18.9 Å². The smallest absolute Gasteiger partial charge is 0.307 e. The molecule has 92 valence electrons. The van der Waals surface area contributed by atoms with Gasteiger partial charge in [-0.05, 0) is 12.8 Å². The zero-order valence-corrected chi connectivity index (χ0v) is 9.59. The Hall–Kier alpha value is -1.85. The molecule has 1 aromatic heterocycles. The third-order valence-corrected chi connectivity index (χ3v) is 3.14. The normalized spacial score (nSPS) is 23.6. The van der Waals surface area contributed by atoms with E-state index in [4.69, 9.17) is 5.11 Å². The van der Waals surface area contributed by atoms with Crippen molar-refractivity contribution in [2.45, 2.75) is 19.3 Å². The van der Waals surface area contributed by atoms with E-state index in [-0.39, 0.29) is 5.91 Å². The summed E-state index contributed by atoms with van der Waals surface area (Å²) in [5.41, 5.74) is 0.605. The molecule has 0 radical (unpaired) electrons. The molecule has 6 heteroatoms. The number of nitrogens with one attached hydrogen (secondary N) is 1. The molecule has 1 fully saturated rings. The maximum atomic E-state index is 11.9. The molecule has 0 bridgehead atoms. The van der Waals surface area contributed by atoms with Crippen molar-refractivity contribution in [2.75, 3.05) is 5.32 Å². The highest BCUT2D eigenvalue weighted by molar-refractivity contribution is 5.95. The fraction of sp³-hybridized carbons (Fsp3) is 0.545. The number of amides is 1. The van der Waals surface area contributed by atoms with Gasteiger partial charge in [0, 0.05) is 13.2 Å². The quantitative estimate of drug-likeness (QED) is 0.816. The fourth-order valence-corrected chi connectivity index (χ4v) is 2.29. The van der Waals surface area contributed by atoms with Crippen LogP contribution >= 0.6 is 0 Å². The van der Waals surface area contributed by atoms with Gasteiger partial charge in [-0.3, -0.25) is 14.3 Å². The molecule has 2 rings (SSSR count). The summed E-state index contributed by atoms with van der Waals surface area (Å²) in [6.07, 6.45) is 5.25. The van der Waals surface area contributed by atoms with E-state index in [1.165, 1.54) is 0 Å². The first kappa shape index (κ1) is 11.6. The number of aromatic nitrogens is 2.